The third-order valence-electron chi connectivity index (χ3n) is 4.99. The molecule has 2 heterocycles. The number of aliphatic imine (C=N–C) groups is 1. The summed E-state index contributed by atoms with van der Waals surface area (Å²) < 4.78 is 5.78. The molecule has 2 amide bonds. The highest BCUT2D eigenvalue weighted by Gasteiger charge is 2.34. The highest BCUT2D eigenvalue weighted by molar-refractivity contribution is 6.21. The van der Waals surface area contributed by atoms with Crippen LogP contribution in [0.1, 0.15) is 72.9 Å². The lowest BCUT2D eigenvalue weighted by Crippen LogP contribution is -2.38. The number of aromatic nitrogens is 1. The molecule has 0 aliphatic carbocycles. The van der Waals surface area contributed by atoms with Gasteiger partial charge in [0.25, 0.3) is 11.8 Å². The molecule has 0 saturated carbocycles. The van der Waals surface area contributed by atoms with Gasteiger partial charge >= 0.3 is 0 Å². The summed E-state index contributed by atoms with van der Waals surface area (Å²) in [6.45, 7) is 10.4. The average molecular weight is 426 g/mol. The first-order valence-corrected chi connectivity index (χ1v) is 10.7. The van der Waals surface area contributed by atoms with Crippen LogP contribution in [0.3, 0.4) is 0 Å². The number of imide groups is 1. The molecule has 1 aliphatic heterocycles. The van der Waals surface area contributed by atoms with Gasteiger partial charge in [-0.05, 0) is 31.9 Å². The number of carbonyl (C=O) groups excluding carboxylic acids is 2. The lowest BCUT2D eigenvalue weighted by atomic mass is 9.94. The van der Waals surface area contributed by atoms with Crippen molar-refractivity contribution in [1.82, 2.24) is 20.5 Å². The summed E-state index contributed by atoms with van der Waals surface area (Å²) in [5.41, 5.74) is 0.902. The van der Waals surface area contributed by atoms with Crippen molar-refractivity contribution < 1.29 is 14.0 Å². The monoisotopic (exact) mass is 425 g/mol. The molecule has 3 rings (SSSR count). The zero-order valence-electron chi connectivity index (χ0n) is 18.7. The van der Waals surface area contributed by atoms with Crippen LogP contribution in [0.4, 0.5) is 0 Å². The van der Waals surface area contributed by atoms with Gasteiger partial charge in [-0.2, -0.15) is 0 Å². The lowest BCUT2D eigenvalue weighted by molar-refractivity contribution is 0.0652. The van der Waals surface area contributed by atoms with Gasteiger partial charge in [0.05, 0.1) is 17.3 Å². The Kier molecular flexibility index (Phi) is 7.09. The number of hydrogen-bond acceptors (Lipinski definition) is 5. The first-order chi connectivity index (χ1) is 14.8. The summed E-state index contributed by atoms with van der Waals surface area (Å²) in [6, 6.07) is 6.96. The number of nitrogens with zero attached hydrogens (tertiary/aromatic N) is 3. The van der Waals surface area contributed by atoms with Gasteiger partial charge in [0.2, 0.25) is 5.89 Å². The van der Waals surface area contributed by atoms with Gasteiger partial charge in [0, 0.05) is 25.0 Å². The van der Waals surface area contributed by atoms with Crippen LogP contribution in [0.2, 0.25) is 0 Å². The van der Waals surface area contributed by atoms with Gasteiger partial charge in [-0.1, -0.05) is 32.9 Å². The van der Waals surface area contributed by atoms with E-state index in [1.807, 2.05) is 6.92 Å². The Morgan fingerprint density at radius 2 is 1.77 bits per heavy atom. The van der Waals surface area contributed by atoms with Crippen molar-refractivity contribution in [1.29, 1.82) is 0 Å². The van der Waals surface area contributed by atoms with Crippen molar-refractivity contribution in [3.63, 3.8) is 0 Å². The Balaban J connectivity index is 1.45. The molecule has 1 aliphatic rings. The fourth-order valence-corrected chi connectivity index (χ4v) is 3.26. The van der Waals surface area contributed by atoms with E-state index >= 15 is 0 Å². The maximum Gasteiger partial charge on any atom is 0.261 e. The zero-order valence-corrected chi connectivity index (χ0v) is 18.7. The van der Waals surface area contributed by atoms with Gasteiger partial charge < -0.3 is 15.1 Å². The van der Waals surface area contributed by atoms with E-state index in [0.717, 1.165) is 18.7 Å². The molecule has 1 aromatic heterocycles. The van der Waals surface area contributed by atoms with Crippen LogP contribution in [0.25, 0.3) is 0 Å². The largest absolute Gasteiger partial charge is 0.443 e. The first-order valence-electron chi connectivity index (χ1n) is 10.7. The molecule has 8 nitrogen and oxygen atoms in total. The summed E-state index contributed by atoms with van der Waals surface area (Å²) in [4.78, 5) is 34.9. The average Bonchev–Trinajstić information content (AvgIpc) is 3.31. The van der Waals surface area contributed by atoms with Crippen LogP contribution in [-0.4, -0.2) is 47.3 Å². The predicted octanol–water partition coefficient (Wildman–Crippen LogP) is 3.10. The Hall–Kier alpha value is -3.16. The van der Waals surface area contributed by atoms with E-state index in [9.17, 15) is 9.59 Å². The molecule has 2 aromatic rings. The smallest absolute Gasteiger partial charge is 0.261 e. The predicted molar refractivity (Wildman–Crippen MR) is 119 cm³/mol. The fourth-order valence-electron chi connectivity index (χ4n) is 3.26. The topological polar surface area (TPSA) is 99.8 Å². The molecule has 1 aromatic carbocycles. The first kappa shape index (κ1) is 22.5. The maximum atomic E-state index is 12.4. The van der Waals surface area contributed by atoms with Crippen molar-refractivity contribution >= 4 is 17.8 Å². The molecule has 0 atom stereocenters. The minimum atomic E-state index is -0.205. The standard InChI is InChI=1S/C23H31N5O3/c1-5-24-22(27-15-19-26-14-18(31-19)23(2,3)4)25-12-8-9-13-28-20(29)16-10-6-7-11-17(16)21(28)30/h6-7,10-11,14H,5,8-9,12-13,15H2,1-4H3,(H2,24,25,27). The summed E-state index contributed by atoms with van der Waals surface area (Å²) in [6.07, 6.45) is 3.27. The Morgan fingerprint density at radius 1 is 1.10 bits per heavy atom. The summed E-state index contributed by atoms with van der Waals surface area (Å²) in [7, 11) is 0. The van der Waals surface area contributed by atoms with Gasteiger partial charge in [-0.3, -0.25) is 14.5 Å². The van der Waals surface area contributed by atoms with Gasteiger partial charge in [0.1, 0.15) is 12.3 Å². The van der Waals surface area contributed by atoms with Crippen LogP contribution in [0.5, 0.6) is 0 Å². The highest BCUT2D eigenvalue weighted by atomic mass is 16.4. The van der Waals surface area contributed by atoms with Crippen molar-refractivity contribution in [2.45, 2.75) is 52.5 Å². The number of nitrogens with one attached hydrogen (secondary N) is 2. The number of hydrogen-bond donors (Lipinski definition) is 2. The Bertz CT molecular complexity index is 923. The maximum absolute atomic E-state index is 12.4. The molecule has 0 saturated heterocycles. The quantitative estimate of drug-likeness (QED) is 0.292. The molecule has 0 fully saturated rings. The van der Waals surface area contributed by atoms with E-state index in [-0.39, 0.29) is 17.2 Å². The SMILES string of the molecule is CCNC(=NCc1ncc(C(C)(C)C)o1)NCCCCN1C(=O)c2ccccc2C1=O. The van der Waals surface area contributed by atoms with E-state index in [0.29, 0.717) is 49.0 Å². The molecular weight excluding hydrogens is 394 g/mol. The minimum Gasteiger partial charge on any atom is -0.443 e. The zero-order chi connectivity index (χ0) is 22.4. The fraction of sp³-hybridized carbons (Fsp3) is 0.478. The molecule has 8 heteroatoms. The number of oxazole rings is 1. The van der Waals surface area contributed by atoms with Crippen LogP contribution in [0, 0.1) is 0 Å². The van der Waals surface area contributed by atoms with Gasteiger partial charge in [-0.25, -0.2) is 9.98 Å². The van der Waals surface area contributed by atoms with E-state index < -0.39 is 0 Å². The summed E-state index contributed by atoms with van der Waals surface area (Å²) in [5, 5.41) is 6.47. The number of guanidine groups is 1. The second-order valence-corrected chi connectivity index (χ2v) is 8.50. The summed E-state index contributed by atoms with van der Waals surface area (Å²) in [5.74, 6) is 1.68. The highest BCUT2D eigenvalue weighted by Crippen LogP contribution is 2.23. The molecule has 0 radical (unpaired) electrons. The van der Waals surface area contributed by atoms with E-state index in [1.54, 1.807) is 30.5 Å². The summed E-state index contributed by atoms with van der Waals surface area (Å²) >= 11 is 0. The molecule has 0 spiro atoms. The lowest BCUT2D eigenvalue weighted by Gasteiger charge is -2.14. The molecule has 31 heavy (non-hydrogen) atoms. The van der Waals surface area contributed by atoms with Crippen molar-refractivity contribution in [2.75, 3.05) is 19.6 Å². The molecule has 166 valence electrons. The van der Waals surface area contributed by atoms with Gasteiger partial charge in [-0.15, -0.1) is 0 Å². The number of unbranched alkanes of at least 4 members (excludes halogenated alkanes) is 1. The Labute approximate surface area is 183 Å². The van der Waals surface area contributed by atoms with Crippen molar-refractivity contribution in [2.24, 2.45) is 4.99 Å². The number of benzene rings is 1. The van der Waals surface area contributed by atoms with Crippen LogP contribution in [-0.2, 0) is 12.0 Å². The molecular formula is C23H31N5O3. The van der Waals surface area contributed by atoms with Crippen LogP contribution < -0.4 is 10.6 Å². The third-order valence-corrected chi connectivity index (χ3v) is 4.99. The van der Waals surface area contributed by atoms with Gasteiger partial charge in [0.15, 0.2) is 5.96 Å². The molecule has 0 unspecified atom stereocenters. The van der Waals surface area contributed by atoms with E-state index in [2.05, 4.69) is 41.4 Å². The second kappa shape index (κ2) is 9.76. The molecule has 0 bridgehead atoms. The Morgan fingerprint density at radius 3 is 2.35 bits per heavy atom. The van der Waals surface area contributed by atoms with Crippen molar-refractivity contribution in [3.8, 4) is 0 Å². The van der Waals surface area contributed by atoms with Crippen LogP contribution in [0.15, 0.2) is 39.9 Å². The minimum absolute atomic E-state index is 0.0861. The molecule has 2 N–H and O–H groups in total. The third kappa shape index (κ3) is 5.51. The van der Waals surface area contributed by atoms with Crippen LogP contribution >= 0.6 is 0 Å². The van der Waals surface area contributed by atoms with Crippen molar-refractivity contribution in [3.05, 3.63) is 53.2 Å². The normalized spacial score (nSPS) is 14.2. The van der Waals surface area contributed by atoms with E-state index in [4.69, 9.17) is 4.42 Å². The number of amides is 2. The van der Waals surface area contributed by atoms with E-state index in [1.165, 1.54) is 4.90 Å². The number of rotatable bonds is 8. The number of fused-ring (bicyclic) bond motifs is 1. The number of carbonyl (C=O) groups is 2. The second-order valence-electron chi connectivity index (χ2n) is 8.50.